The molecule has 1 amide bonds. The summed E-state index contributed by atoms with van der Waals surface area (Å²) in [4.78, 5) is 21.8. The molecule has 0 radical (unpaired) electrons. The minimum absolute atomic E-state index is 0.137. The first kappa shape index (κ1) is 14.9. The zero-order chi connectivity index (χ0) is 15.6. The average Bonchev–Trinajstić information content (AvgIpc) is 2.43. The van der Waals surface area contributed by atoms with Gasteiger partial charge in [0.25, 0.3) is 11.6 Å². The van der Waals surface area contributed by atoms with Crippen LogP contribution in [0, 0.1) is 22.9 Å². The maximum atomic E-state index is 13.7. The van der Waals surface area contributed by atoms with Gasteiger partial charge in [-0.3, -0.25) is 14.9 Å². The SMILES string of the molecule is Cc1ccc(C(=O)Nc2ccc([N+](=O)[O-])cc2F)cc1Cl. The van der Waals surface area contributed by atoms with E-state index in [-0.39, 0.29) is 16.9 Å². The summed E-state index contributed by atoms with van der Waals surface area (Å²) in [7, 11) is 0. The van der Waals surface area contributed by atoms with E-state index in [0.29, 0.717) is 5.02 Å². The van der Waals surface area contributed by atoms with Gasteiger partial charge in [-0.15, -0.1) is 0 Å². The number of nitrogens with zero attached hydrogens (tertiary/aromatic N) is 1. The van der Waals surface area contributed by atoms with Crippen LogP contribution in [0.1, 0.15) is 15.9 Å². The van der Waals surface area contributed by atoms with Crippen LogP contribution in [0.3, 0.4) is 0 Å². The molecule has 0 spiro atoms. The Morgan fingerprint density at radius 2 is 2.00 bits per heavy atom. The standard InChI is InChI=1S/C14H10ClFN2O3/c1-8-2-3-9(6-11(8)15)14(19)17-13-5-4-10(18(20)21)7-12(13)16/h2-7H,1H3,(H,17,19). The van der Waals surface area contributed by atoms with Crippen LogP contribution in [0.5, 0.6) is 0 Å². The van der Waals surface area contributed by atoms with Gasteiger partial charge in [0.05, 0.1) is 16.7 Å². The van der Waals surface area contributed by atoms with Gasteiger partial charge >= 0.3 is 0 Å². The van der Waals surface area contributed by atoms with Crippen LogP contribution in [0.15, 0.2) is 36.4 Å². The Hall–Kier alpha value is -2.47. The van der Waals surface area contributed by atoms with Crippen molar-refractivity contribution in [1.29, 1.82) is 0 Å². The van der Waals surface area contributed by atoms with Crippen molar-refractivity contribution in [2.45, 2.75) is 6.92 Å². The van der Waals surface area contributed by atoms with Crippen LogP contribution >= 0.6 is 11.6 Å². The third-order valence-electron chi connectivity index (χ3n) is 2.85. The fraction of sp³-hybridized carbons (Fsp3) is 0.0714. The molecule has 5 nitrogen and oxygen atoms in total. The van der Waals surface area contributed by atoms with Crippen molar-refractivity contribution in [2.24, 2.45) is 0 Å². The Kier molecular flexibility index (Phi) is 4.18. The van der Waals surface area contributed by atoms with Crippen molar-refractivity contribution in [1.82, 2.24) is 0 Å². The van der Waals surface area contributed by atoms with E-state index in [1.54, 1.807) is 19.1 Å². The largest absolute Gasteiger partial charge is 0.319 e. The first-order valence-electron chi connectivity index (χ1n) is 5.90. The Morgan fingerprint density at radius 1 is 1.29 bits per heavy atom. The predicted octanol–water partition coefficient (Wildman–Crippen LogP) is 3.95. The number of benzene rings is 2. The van der Waals surface area contributed by atoms with Crippen LogP contribution < -0.4 is 5.32 Å². The van der Waals surface area contributed by atoms with Crippen LogP contribution in [0.2, 0.25) is 5.02 Å². The molecular formula is C14H10ClFN2O3. The highest BCUT2D eigenvalue weighted by atomic mass is 35.5. The van der Waals surface area contributed by atoms with Gasteiger partial charge in [0.15, 0.2) is 5.82 Å². The molecule has 0 bridgehead atoms. The van der Waals surface area contributed by atoms with E-state index < -0.39 is 16.6 Å². The molecule has 0 unspecified atom stereocenters. The van der Waals surface area contributed by atoms with Crippen LogP contribution in [0.25, 0.3) is 0 Å². The third kappa shape index (κ3) is 3.35. The molecule has 2 rings (SSSR count). The maximum absolute atomic E-state index is 13.7. The maximum Gasteiger partial charge on any atom is 0.272 e. The predicted molar refractivity (Wildman–Crippen MR) is 77.2 cm³/mol. The summed E-state index contributed by atoms with van der Waals surface area (Å²) in [5.74, 6) is -1.43. The van der Waals surface area contributed by atoms with Crippen molar-refractivity contribution in [3.63, 3.8) is 0 Å². The van der Waals surface area contributed by atoms with Gasteiger partial charge in [-0.25, -0.2) is 4.39 Å². The first-order chi connectivity index (χ1) is 9.88. The lowest BCUT2D eigenvalue weighted by Crippen LogP contribution is -2.13. The van der Waals surface area contributed by atoms with Crippen LogP contribution in [-0.2, 0) is 0 Å². The molecule has 2 aromatic carbocycles. The molecule has 0 aliphatic rings. The van der Waals surface area contributed by atoms with Gasteiger partial charge in [-0.1, -0.05) is 17.7 Å². The molecule has 0 fully saturated rings. The lowest BCUT2D eigenvalue weighted by atomic mass is 10.1. The number of carbonyl (C=O) groups is 1. The Morgan fingerprint density at radius 3 is 2.57 bits per heavy atom. The molecular weight excluding hydrogens is 299 g/mol. The van der Waals surface area contributed by atoms with Gasteiger partial charge in [0.1, 0.15) is 0 Å². The van der Waals surface area contributed by atoms with E-state index in [9.17, 15) is 19.3 Å². The number of carbonyl (C=O) groups excluding carboxylic acids is 1. The summed E-state index contributed by atoms with van der Waals surface area (Å²) < 4.78 is 13.7. The van der Waals surface area contributed by atoms with Crippen molar-refractivity contribution >= 4 is 28.9 Å². The summed E-state index contributed by atoms with van der Waals surface area (Å²) >= 11 is 5.92. The van der Waals surface area contributed by atoms with E-state index in [0.717, 1.165) is 23.8 Å². The lowest BCUT2D eigenvalue weighted by Gasteiger charge is -2.07. The quantitative estimate of drug-likeness (QED) is 0.689. The summed E-state index contributed by atoms with van der Waals surface area (Å²) in [5, 5.41) is 13.3. The van der Waals surface area contributed by atoms with E-state index in [1.165, 1.54) is 6.07 Å². The van der Waals surface area contributed by atoms with E-state index in [1.807, 2.05) is 0 Å². The molecule has 2 aromatic rings. The molecule has 0 aromatic heterocycles. The van der Waals surface area contributed by atoms with Crippen molar-refractivity contribution < 1.29 is 14.1 Å². The Balaban J connectivity index is 2.23. The number of nitro groups is 1. The van der Waals surface area contributed by atoms with Crippen LogP contribution in [-0.4, -0.2) is 10.8 Å². The highest BCUT2D eigenvalue weighted by Crippen LogP contribution is 2.22. The zero-order valence-electron chi connectivity index (χ0n) is 10.9. The third-order valence-corrected chi connectivity index (χ3v) is 3.25. The van der Waals surface area contributed by atoms with E-state index in [2.05, 4.69) is 5.32 Å². The minimum atomic E-state index is -0.879. The molecule has 0 saturated heterocycles. The van der Waals surface area contributed by atoms with Crippen LogP contribution in [0.4, 0.5) is 15.8 Å². The van der Waals surface area contributed by atoms with E-state index >= 15 is 0 Å². The van der Waals surface area contributed by atoms with Crippen molar-refractivity contribution in [3.8, 4) is 0 Å². The molecule has 0 heterocycles. The molecule has 0 atom stereocenters. The number of aryl methyl sites for hydroxylation is 1. The van der Waals surface area contributed by atoms with Crippen molar-refractivity contribution in [3.05, 3.63) is 68.5 Å². The normalized spacial score (nSPS) is 10.2. The number of halogens is 2. The van der Waals surface area contributed by atoms with Gasteiger partial charge in [-0.2, -0.15) is 0 Å². The molecule has 21 heavy (non-hydrogen) atoms. The smallest absolute Gasteiger partial charge is 0.272 e. The fourth-order valence-corrected chi connectivity index (χ4v) is 1.83. The molecule has 7 heteroatoms. The zero-order valence-corrected chi connectivity index (χ0v) is 11.6. The number of rotatable bonds is 3. The molecule has 1 N–H and O–H groups in total. The summed E-state index contributed by atoms with van der Waals surface area (Å²) in [6.45, 7) is 1.79. The number of hydrogen-bond acceptors (Lipinski definition) is 3. The second-order valence-electron chi connectivity index (χ2n) is 4.34. The summed E-state index contributed by atoms with van der Waals surface area (Å²) in [6, 6.07) is 7.69. The molecule has 0 aliphatic carbocycles. The number of nitro benzene ring substituents is 1. The number of non-ortho nitro benzene ring substituents is 1. The number of nitrogens with one attached hydrogen (secondary N) is 1. The highest BCUT2D eigenvalue weighted by Gasteiger charge is 2.14. The highest BCUT2D eigenvalue weighted by molar-refractivity contribution is 6.31. The molecule has 0 aliphatic heterocycles. The number of hydrogen-bond donors (Lipinski definition) is 1. The van der Waals surface area contributed by atoms with Crippen molar-refractivity contribution in [2.75, 3.05) is 5.32 Å². The van der Waals surface area contributed by atoms with Gasteiger partial charge < -0.3 is 5.32 Å². The number of amides is 1. The van der Waals surface area contributed by atoms with E-state index in [4.69, 9.17) is 11.6 Å². The average molecular weight is 309 g/mol. The second kappa shape index (κ2) is 5.88. The summed E-state index contributed by atoms with van der Waals surface area (Å²) in [5.41, 5.74) is 0.560. The topological polar surface area (TPSA) is 72.2 Å². The Labute approximate surface area is 124 Å². The monoisotopic (exact) mass is 308 g/mol. The summed E-state index contributed by atoms with van der Waals surface area (Å²) in [6.07, 6.45) is 0. The number of anilines is 1. The second-order valence-corrected chi connectivity index (χ2v) is 4.75. The minimum Gasteiger partial charge on any atom is -0.319 e. The van der Waals surface area contributed by atoms with Gasteiger partial charge in [-0.05, 0) is 30.7 Å². The van der Waals surface area contributed by atoms with Gasteiger partial charge in [0.2, 0.25) is 0 Å². The molecule has 108 valence electrons. The van der Waals surface area contributed by atoms with Gasteiger partial charge in [0, 0.05) is 16.7 Å². The fourth-order valence-electron chi connectivity index (χ4n) is 1.65. The first-order valence-corrected chi connectivity index (χ1v) is 6.27. The Bertz CT molecular complexity index is 734. The molecule has 0 saturated carbocycles. The lowest BCUT2D eigenvalue weighted by molar-refractivity contribution is -0.385.